The second kappa shape index (κ2) is 5.64. The standard InChI is InChI=1S/C18H24N2O/c1-3-8-18(21)9-11-20(12-10-18)17-14(2)13-15-6-4-5-7-16(15)19-17/h4-7,13,21H,3,8-12H2,1-2H3. The lowest BCUT2D eigenvalue weighted by molar-refractivity contribution is 0.00728. The molecule has 0 aliphatic carbocycles. The van der Waals surface area contributed by atoms with Crippen LogP contribution in [0.15, 0.2) is 30.3 Å². The van der Waals surface area contributed by atoms with Crippen LogP contribution in [0.3, 0.4) is 0 Å². The molecule has 1 saturated heterocycles. The van der Waals surface area contributed by atoms with E-state index in [4.69, 9.17) is 4.98 Å². The zero-order valence-electron chi connectivity index (χ0n) is 13.0. The number of rotatable bonds is 3. The number of anilines is 1. The zero-order valence-corrected chi connectivity index (χ0v) is 13.0. The van der Waals surface area contributed by atoms with Crippen LogP contribution in [0.5, 0.6) is 0 Å². The van der Waals surface area contributed by atoms with Crippen LogP contribution in [-0.4, -0.2) is 28.8 Å². The number of nitrogens with zero attached hydrogens (tertiary/aromatic N) is 2. The van der Waals surface area contributed by atoms with E-state index < -0.39 is 5.60 Å². The molecular weight excluding hydrogens is 260 g/mol. The Morgan fingerprint density at radius 1 is 1.24 bits per heavy atom. The topological polar surface area (TPSA) is 36.4 Å². The molecule has 0 radical (unpaired) electrons. The van der Waals surface area contributed by atoms with E-state index >= 15 is 0 Å². The number of piperidine rings is 1. The molecule has 3 rings (SSSR count). The highest BCUT2D eigenvalue weighted by atomic mass is 16.3. The highest BCUT2D eigenvalue weighted by Gasteiger charge is 2.32. The minimum Gasteiger partial charge on any atom is -0.390 e. The van der Waals surface area contributed by atoms with Gasteiger partial charge in [-0.1, -0.05) is 31.5 Å². The second-order valence-electron chi connectivity index (χ2n) is 6.28. The third kappa shape index (κ3) is 2.88. The van der Waals surface area contributed by atoms with Crippen LogP contribution >= 0.6 is 0 Å². The van der Waals surface area contributed by atoms with Crippen molar-refractivity contribution < 1.29 is 5.11 Å². The molecule has 3 nitrogen and oxygen atoms in total. The minimum absolute atomic E-state index is 0.462. The molecule has 1 N–H and O–H groups in total. The van der Waals surface area contributed by atoms with E-state index in [9.17, 15) is 5.11 Å². The van der Waals surface area contributed by atoms with Gasteiger partial charge in [-0.3, -0.25) is 0 Å². The van der Waals surface area contributed by atoms with Crippen molar-refractivity contribution in [2.75, 3.05) is 18.0 Å². The Balaban J connectivity index is 1.83. The Bertz CT molecular complexity index is 630. The number of hydrogen-bond acceptors (Lipinski definition) is 3. The molecule has 0 saturated carbocycles. The van der Waals surface area contributed by atoms with Crippen LogP contribution in [0.25, 0.3) is 10.9 Å². The van der Waals surface area contributed by atoms with Gasteiger partial charge in [-0.25, -0.2) is 4.98 Å². The SMILES string of the molecule is CCCC1(O)CCN(c2nc3ccccc3cc2C)CC1. The predicted octanol–water partition coefficient (Wildman–Crippen LogP) is 3.67. The Morgan fingerprint density at radius 3 is 2.67 bits per heavy atom. The number of aliphatic hydroxyl groups is 1. The van der Waals surface area contributed by atoms with Gasteiger partial charge in [0.1, 0.15) is 5.82 Å². The Labute approximate surface area is 126 Å². The summed E-state index contributed by atoms with van der Waals surface area (Å²) in [5.41, 5.74) is 1.80. The summed E-state index contributed by atoms with van der Waals surface area (Å²) in [6.07, 6.45) is 3.64. The first kappa shape index (κ1) is 14.3. The highest BCUT2D eigenvalue weighted by Crippen LogP contribution is 2.31. The molecule has 0 amide bonds. The van der Waals surface area contributed by atoms with Gasteiger partial charge in [0.25, 0.3) is 0 Å². The van der Waals surface area contributed by atoms with E-state index in [-0.39, 0.29) is 0 Å². The number of fused-ring (bicyclic) bond motifs is 1. The number of aryl methyl sites for hydroxylation is 1. The van der Waals surface area contributed by atoms with Crippen molar-refractivity contribution in [2.24, 2.45) is 0 Å². The summed E-state index contributed by atoms with van der Waals surface area (Å²) >= 11 is 0. The quantitative estimate of drug-likeness (QED) is 0.934. The van der Waals surface area contributed by atoms with Crippen molar-refractivity contribution in [3.63, 3.8) is 0 Å². The molecule has 0 unspecified atom stereocenters. The molecule has 3 heteroatoms. The van der Waals surface area contributed by atoms with Crippen molar-refractivity contribution in [3.8, 4) is 0 Å². The third-order valence-electron chi connectivity index (χ3n) is 4.60. The maximum absolute atomic E-state index is 10.5. The molecule has 2 heterocycles. The van der Waals surface area contributed by atoms with Crippen LogP contribution in [0.2, 0.25) is 0 Å². The first-order chi connectivity index (χ1) is 10.1. The molecule has 112 valence electrons. The largest absolute Gasteiger partial charge is 0.390 e. The van der Waals surface area contributed by atoms with E-state index in [2.05, 4.69) is 43.0 Å². The summed E-state index contributed by atoms with van der Waals surface area (Å²) in [6.45, 7) is 6.05. The molecule has 1 aliphatic heterocycles. The van der Waals surface area contributed by atoms with Gasteiger partial charge in [-0.2, -0.15) is 0 Å². The minimum atomic E-state index is -0.462. The lowest BCUT2D eigenvalue weighted by atomic mass is 9.87. The lowest BCUT2D eigenvalue weighted by Crippen LogP contribution is -2.44. The van der Waals surface area contributed by atoms with Gasteiger partial charge in [-0.15, -0.1) is 0 Å². The lowest BCUT2D eigenvalue weighted by Gasteiger charge is -2.39. The van der Waals surface area contributed by atoms with Gasteiger partial charge in [0.15, 0.2) is 0 Å². The maximum Gasteiger partial charge on any atom is 0.132 e. The van der Waals surface area contributed by atoms with Crippen LogP contribution in [0.4, 0.5) is 5.82 Å². The van der Waals surface area contributed by atoms with Crippen LogP contribution in [0, 0.1) is 6.92 Å². The smallest absolute Gasteiger partial charge is 0.132 e. The molecule has 1 aromatic heterocycles. The predicted molar refractivity (Wildman–Crippen MR) is 87.8 cm³/mol. The second-order valence-corrected chi connectivity index (χ2v) is 6.28. The summed E-state index contributed by atoms with van der Waals surface area (Å²) in [6, 6.07) is 10.5. The fraction of sp³-hybridized carbons (Fsp3) is 0.500. The zero-order chi connectivity index (χ0) is 14.9. The number of pyridine rings is 1. The Morgan fingerprint density at radius 2 is 1.95 bits per heavy atom. The Hall–Kier alpha value is -1.61. The van der Waals surface area contributed by atoms with E-state index in [1.54, 1.807) is 0 Å². The van der Waals surface area contributed by atoms with E-state index in [1.807, 2.05) is 6.07 Å². The molecule has 0 spiro atoms. The number of para-hydroxylation sites is 1. The molecule has 1 fully saturated rings. The van der Waals surface area contributed by atoms with Gasteiger partial charge >= 0.3 is 0 Å². The molecule has 2 aromatic rings. The fourth-order valence-corrected chi connectivity index (χ4v) is 3.38. The van der Waals surface area contributed by atoms with Crippen molar-refractivity contribution in [3.05, 3.63) is 35.9 Å². The summed E-state index contributed by atoms with van der Waals surface area (Å²) in [5, 5.41) is 11.7. The molecule has 1 aromatic carbocycles. The molecule has 0 atom stereocenters. The van der Waals surface area contributed by atoms with Crippen molar-refractivity contribution >= 4 is 16.7 Å². The molecular formula is C18H24N2O. The number of aromatic nitrogens is 1. The first-order valence-corrected chi connectivity index (χ1v) is 7.95. The molecule has 0 bridgehead atoms. The number of hydrogen-bond donors (Lipinski definition) is 1. The van der Waals surface area contributed by atoms with Crippen LogP contribution < -0.4 is 4.90 Å². The van der Waals surface area contributed by atoms with Crippen molar-refractivity contribution in [2.45, 2.75) is 45.1 Å². The highest BCUT2D eigenvalue weighted by molar-refractivity contribution is 5.81. The van der Waals surface area contributed by atoms with Gasteiger partial charge in [0.05, 0.1) is 11.1 Å². The average Bonchev–Trinajstić information content (AvgIpc) is 2.48. The van der Waals surface area contributed by atoms with Crippen molar-refractivity contribution in [1.82, 2.24) is 4.98 Å². The fourth-order valence-electron chi connectivity index (χ4n) is 3.38. The normalized spacial score (nSPS) is 18.1. The maximum atomic E-state index is 10.5. The van der Waals surface area contributed by atoms with Gasteiger partial charge in [-0.05, 0) is 43.9 Å². The molecule has 1 aliphatic rings. The van der Waals surface area contributed by atoms with Crippen molar-refractivity contribution in [1.29, 1.82) is 0 Å². The van der Waals surface area contributed by atoms with E-state index in [1.165, 1.54) is 10.9 Å². The summed E-state index contributed by atoms with van der Waals surface area (Å²) in [4.78, 5) is 7.16. The summed E-state index contributed by atoms with van der Waals surface area (Å²) in [7, 11) is 0. The summed E-state index contributed by atoms with van der Waals surface area (Å²) < 4.78 is 0. The van der Waals surface area contributed by atoms with Crippen LogP contribution in [0.1, 0.15) is 38.2 Å². The monoisotopic (exact) mass is 284 g/mol. The first-order valence-electron chi connectivity index (χ1n) is 7.95. The Kier molecular flexibility index (Phi) is 3.85. The van der Waals surface area contributed by atoms with Gasteiger partial charge in [0, 0.05) is 18.5 Å². The molecule has 21 heavy (non-hydrogen) atoms. The average molecular weight is 284 g/mol. The van der Waals surface area contributed by atoms with Gasteiger partial charge < -0.3 is 10.0 Å². The number of benzene rings is 1. The van der Waals surface area contributed by atoms with Crippen LogP contribution in [-0.2, 0) is 0 Å². The van der Waals surface area contributed by atoms with Gasteiger partial charge in [0.2, 0.25) is 0 Å². The summed E-state index contributed by atoms with van der Waals surface area (Å²) in [5.74, 6) is 1.08. The van der Waals surface area contributed by atoms with E-state index in [0.29, 0.717) is 0 Å². The third-order valence-corrected chi connectivity index (χ3v) is 4.60. The van der Waals surface area contributed by atoms with E-state index in [0.717, 1.165) is 50.1 Å².